The van der Waals surface area contributed by atoms with Crippen molar-refractivity contribution in [1.29, 1.82) is 0 Å². The maximum Gasteiger partial charge on any atom is 0.323 e. The van der Waals surface area contributed by atoms with Gasteiger partial charge in [0.25, 0.3) is 17.5 Å². The van der Waals surface area contributed by atoms with E-state index in [0.717, 1.165) is 18.8 Å². The summed E-state index contributed by atoms with van der Waals surface area (Å²) in [4.78, 5) is 42.4. The Balaban J connectivity index is 1.50. The minimum atomic E-state index is -1.34. The molecule has 0 aliphatic carbocycles. The average Bonchev–Trinajstić information content (AvgIpc) is 2.89. The molecular weight excluding hydrogens is 458 g/mol. The van der Waals surface area contributed by atoms with Crippen molar-refractivity contribution in [3.05, 3.63) is 82.4 Å². The number of azo groups is 1. The summed E-state index contributed by atoms with van der Waals surface area (Å²) in [5.74, 6) is -2.98. The highest BCUT2D eigenvalue weighted by atomic mass is 16.4. The highest BCUT2D eigenvalue weighted by Crippen LogP contribution is 2.29. The molecule has 9 nitrogen and oxygen atoms in total. The van der Waals surface area contributed by atoms with E-state index in [1.54, 1.807) is 24.3 Å². The Morgan fingerprint density at radius 2 is 1.56 bits per heavy atom. The molecule has 2 amide bonds. The molecule has 1 saturated heterocycles. The minimum Gasteiger partial charge on any atom is -0.480 e. The van der Waals surface area contributed by atoms with Crippen molar-refractivity contribution in [1.82, 2.24) is 4.90 Å². The first-order valence-electron chi connectivity index (χ1n) is 11.6. The Kier molecular flexibility index (Phi) is 7.35. The van der Waals surface area contributed by atoms with E-state index in [4.69, 9.17) is 11.7 Å². The van der Waals surface area contributed by atoms with Crippen molar-refractivity contribution in [3.8, 4) is 0 Å². The van der Waals surface area contributed by atoms with Crippen LogP contribution in [-0.2, 0) is 14.4 Å². The van der Waals surface area contributed by atoms with Gasteiger partial charge in [-0.2, -0.15) is 10.2 Å². The molecular formula is C27H25N5O4. The van der Waals surface area contributed by atoms with E-state index in [1.807, 2.05) is 12.1 Å². The summed E-state index contributed by atoms with van der Waals surface area (Å²) in [5, 5.41) is 17.6. The summed E-state index contributed by atoms with van der Waals surface area (Å²) in [7, 11) is 0. The largest absolute Gasteiger partial charge is 0.480 e. The number of nitrogens with zero attached hydrogens (tertiary/aromatic N) is 5. The number of piperidine rings is 1. The molecule has 1 N–H and O–H groups in total. The molecule has 2 heterocycles. The van der Waals surface area contributed by atoms with E-state index in [0.29, 0.717) is 16.2 Å². The van der Waals surface area contributed by atoms with Gasteiger partial charge < -0.3 is 10.0 Å². The Hall–Kier alpha value is -4.58. The minimum absolute atomic E-state index is 0.102. The van der Waals surface area contributed by atoms with Gasteiger partial charge in [-0.3, -0.25) is 19.3 Å². The van der Waals surface area contributed by atoms with Crippen molar-refractivity contribution in [2.24, 2.45) is 10.2 Å². The highest BCUT2D eigenvalue weighted by molar-refractivity contribution is 6.19. The Bertz CT molecular complexity index is 1310. The third-order valence-electron chi connectivity index (χ3n) is 6.14. The molecule has 2 aliphatic rings. The number of carbonyl (C=O) groups is 3. The van der Waals surface area contributed by atoms with Gasteiger partial charge in [-0.25, -0.2) is 4.85 Å². The monoisotopic (exact) mass is 483 g/mol. The Morgan fingerprint density at radius 1 is 0.972 bits per heavy atom. The average molecular weight is 484 g/mol. The van der Waals surface area contributed by atoms with Gasteiger partial charge >= 0.3 is 5.97 Å². The number of benzene rings is 2. The number of aliphatic carboxylic acids is 1. The van der Waals surface area contributed by atoms with Crippen molar-refractivity contribution >= 4 is 40.9 Å². The van der Waals surface area contributed by atoms with Gasteiger partial charge in [0.05, 0.1) is 17.9 Å². The van der Waals surface area contributed by atoms with Crippen LogP contribution >= 0.6 is 0 Å². The standard InChI is InChI=1S/C27H25N5O4/c1-18-23(26(35)32(17-24(33)34)27(36)25(18)28-2)16-19-6-8-20(9-7-19)29-30-21-10-12-22(13-11-21)31-14-4-3-5-15-31/h6-13,16H,3-5,14-15,17H2,1H3,(H,33,34)/b23-16-,30-29+. The van der Waals surface area contributed by atoms with Crippen LogP contribution in [0.3, 0.4) is 0 Å². The third kappa shape index (κ3) is 5.39. The number of hydrogen-bond donors (Lipinski definition) is 1. The van der Waals surface area contributed by atoms with Crippen LogP contribution in [-0.4, -0.2) is 47.4 Å². The van der Waals surface area contributed by atoms with Crippen LogP contribution in [0.25, 0.3) is 10.9 Å². The topological polar surface area (TPSA) is 107 Å². The van der Waals surface area contributed by atoms with Crippen LogP contribution in [0, 0.1) is 6.57 Å². The van der Waals surface area contributed by atoms with Crippen LogP contribution in [0.15, 0.2) is 75.6 Å². The van der Waals surface area contributed by atoms with E-state index < -0.39 is 24.3 Å². The number of imide groups is 1. The molecule has 0 radical (unpaired) electrons. The molecule has 1 fully saturated rings. The molecule has 0 aromatic heterocycles. The van der Waals surface area contributed by atoms with Gasteiger partial charge in [-0.15, -0.1) is 0 Å². The fourth-order valence-corrected chi connectivity index (χ4v) is 4.20. The second-order valence-electron chi connectivity index (χ2n) is 8.59. The van der Waals surface area contributed by atoms with Crippen LogP contribution in [0.1, 0.15) is 31.7 Å². The molecule has 36 heavy (non-hydrogen) atoms. The van der Waals surface area contributed by atoms with Crippen LogP contribution < -0.4 is 4.90 Å². The summed E-state index contributed by atoms with van der Waals surface area (Å²) in [5.41, 5.74) is 3.24. The number of hydrogen-bond acceptors (Lipinski definition) is 6. The first kappa shape index (κ1) is 24.5. The molecule has 0 bridgehead atoms. The summed E-state index contributed by atoms with van der Waals surface area (Å²) >= 11 is 0. The van der Waals surface area contributed by atoms with Gasteiger partial charge in [0.2, 0.25) is 0 Å². The van der Waals surface area contributed by atoms with Crippen LogP contribution in [0.4, 0.5) is 17.1 Å². The number of carboxylic acid groups (broad SMARTS) is 1. The van der Waals surface area contributed by atoms with E-state index >= 15 is 0 Å². The van der Waals surface area contributed by atoms with E-state index in [2.05, 4.69) is 32.1 Å². The SMILES string of the molecule is [C-]#[N+]C1=C(C)/C(=C/c2ccc(/N=N/c3ccc(N4CCCCC4)cc3)cc2)C(=O)N(CC(=O)O)C1=O. The second kappa shape index (κ2) is 10.8. The molecule has 0 atom stereocenters. The van der Waals surface area contributed by atoms with E-state index in [-0.39, 0.29) is 16.8 Å². The molecule has 9 heteroatoms. The first-order valence-corrected chi connectivity index (χ1v) is 11.6. The Labute approximate surface area is 208 Å². The van der Waals surface area contributed by atoms with E-state index in [1.165, 1.54) is 37.9 Å². The molecule has 0 spiro atoms. The highest BCUT2D eigenvalue weighted by Gasteiger charge is 2.36. The van der Waals surface area contributed by atoms with Gasteiger partial charge in [-0.1, -0.05) is 12.1 Å². The number of carbonyl (C=O) groups excluding carboxylic acids is 2. The van der Waals surface area contributed by atoms with Gasteiger partial charge in [-0.05, 0) is 79.8 Å². The van der Waals surface area contributed by atoms with Crippen molar-refractivity contribution in [2.45, 2.75) is 26.2 Å². The Morgan fingerprint density at radius 3 is 2.11 bits per heavy atom. The summed E-state index contributed by atoms with van der Waals surface area (Å²) < 4.78 is 0. The fraction of sp³-hybridized carbons (Fsp3) is 0.259. The molecule has 0 saturated carbocycles. The van der Waals surface area contributed by atoms with Gasteiger partial charge in [0.15, 0.2) is 0 Å². The van der Waals surface area contributed by atoms with Crippen molar-refractivity contribution in [3.63, 3.8) is 0 Å². The van der Waals surface area contributed by atoms with Crippen molar-refractivity contribution in [2.75, 3.05) is 24.5 Å². The lowest BCUT2D eigenvalue weighted by Crippen LogP contribution is -2.45. The number of amides is 2. The molecule has 2 aliphatic heterocycles. The first-order chi connectivity index (χ1) is 17.4. The maximum atomic E-state index is 12.8. The van der Waals surface area contributed by atoms with E-state index in [9.17, 15) is 14.4 Å². The fourth-order valence-electron chi connectivity index (χ4n) is 4.20. The third-order valence-corrected chi connectivity index (χ3v) is 6.14. The lowest BCUT2D eigenvalue weighted by atomic mass is 9.96. The number of anilines is 1. The molecule has 2 aromatic rings. The molecule has 2 aromatic carbocycles. The zero-order valence-electron chi connectivity index (χ0n) is 19.8. The lowest BCUT2D eigenvalue weighted by molar-refractivity contribution is -0.149. The predicted molar refractivity (Wildman–Crippen MR) is 135 cm³/mol. The maximum absolute atomic E-state index is 12.8. The van der Waals surface area contributed by atoms with Crippen LogP contribution in [0.5, 0.6) is 0 Å². The smallest absolute Gasteiger partial charge is 0.323 e. The predicted octanol–water partition coefficient (Wildman–Crippen LogP) is 5.12. The number of rotatable bonds is 6. The quantitative estimate of drug-likeness (QED) is 0.266. The normalized spacial score (nSPS) is 17.7. The zero-order valence-corrected chi connectivity index (χ0v) is 19.8. The van der Waals surface area contributed by atoms with Crippen molar-refractivity contribution < 1.29 is 19.5 Å². The summed E-state index contributed by atoms with van der Waals surface area (Å²) in [6.45, 7) is 10.1. The van der Waals surface area contributed by atoms with Gasteiger partial charge in [0.1, 0.15) is 6.54 Å². The molecule has 4 rings (SSSR count). The van der Waals surface area contributed by atoms with Gasteiger partial charge in [0, 0.05) is 24.4 Å². The zero-order chi connectivity index (χ0) is 25.7. The van der Waals surface area contributed by atoms with Crippen LogP contribution in [0.2, 0.25) is 0 Å². The lowest BCUT2D eigenvalue weighted by Gasteiger charge is -2.28. The number of carboxylic acids is 1. The summed E-state index contributed by atoms with van der Waals surface area (Å²) in [6, 6.07) is 14.9. The summed E-state index contributed by atoms with van der Waals surface area (Å²) in [6.07, 6.45) is 5.26. The molecule has 0 unspecified atom stereocenters. The molecule has 182 valence electrons. The second-order valence-corrected chi connectivity index (χ2v) is 8.59.